The molecule has 2 N–H and O–H groups in total. The number of nitrogens with one attached hydrogen (secondary N) is 2. The van der Waals surface area contributed by atoms with E-state index in [1.54, 1.807) is 0 Å². The third-order valence-corrected chi connectivity index (χ3v) is 7.25. The highest BCUT2D eigenvalue weighted by atomic mass is 32.1. The van der Waals surface area contributed by atoms with Gasteiger partial charge in [0.25, 0.3) is 0 Å². The number of aromatic amines is 1. The summed E-state index contributed by atoms with van der Waals surface area (Å²) < 4.78 is 5.00. The second kappa shape index (κ2) is 8.28. The van der Waals surface area contributed by atoms with Crippen LogP contribution in [0.3, 0.4) is 0 Å². The van der Waals surface area contributed by atoms with Gasteiger partial charge in [-0.05, 0) is 64.5 Å². The summed E-state index contributed by atoms with van der Waals surface area (Å²) in [6.45, 7) is 5.23. The van der Waals surface area contributed by atoms with E-state index in [0.29, 0.717) is 17.1 Å². The van der Waals surface area contributed by atoms with Crippen molar-refractivity contribution in [3.8, 4) is 0 Å². The molecule has 8 heteroatoms. The van der Waals surface area contributed by atoms with Crippen molar-refractivity contribution < 1.29 is 14.3 Å². The normalized spacial score (nSPS) is 19.2. The summed E-state index contributed by atoms with van der Waals surface area (Å²) in [7, 11) is 1.39. The molecule has 156 valence electrons. The second-order valence-corrected chi connectivity index (χ2v) is 9.04. The zero-order valence-electron chi connectivity index (χ0n) is 17.3. The van der Waals surface area contributed by atoms with Crippen molar-refractivity contribution in [2.75, 3.05) is 25.5 Å². The minimum atomic E-state index is -0.358. The molecular formula is C21H28N4O3S. The van der Waals surface area contributed by atoms with Crippen LogP contribution in [0.1, 0.15) is 69.5 Å². The van der Waals surface area contributed by atoms with Gasteiger partial charge >= 0.3 is 5.97 Å². The Morgan fingerprint density at radius 2 is 2.07 bits per heavy atom. The largest absolute Gasteiger partial charge is 0.465 e. The number of fused-ring (bicyclic) bond motifs is 1. The summed E-state index contributed by atoms with van der Waals surface area (Å²) in [6.07, 6.45) is 6.12. The van der Waals surface area contributed by atoms with E-state index in [-0.39, 0.29) is 17.9 Å². The van der Waals surface area contributed by atoms with Gasteiger partial charge in [-0.15, -0.1) is 11.3 Å². The topological polar surface area (TPSA) is 87.3 Å². The minimum Gasteiger partial charge on any atom is -0.465 e. The number of methoxy groups -OCH3 is 1. The van der Waals surface area contributed by atoms with Gasteiger partial charge in [-0.2, -0.15) is 5.10 Å². The molecule has 2 aliphatic rings. The third kappa shape index (κ3) is 3.83. The van der Waals surface area contributed by atoms with Gasteiger partial charge in [0.15, 0.2) is 0 Å². The first-order valence-corrected chi connectivity index (χ1v) is 11.1. The molecule has 1 aliphatic heterocycles. The summed E-state index contributed by atoms with van der Waals surface area (Å²) in [6, 6.07) is 0.205. The fourth-order valence-electron chi connectivity index (χ4n) is 4.72. The summed E-state index contributed by atoms with van der Waals surface area (Å²) in [5.74, 6) is -0.442. The van der Waals surface area contributed by atoms with Crippen LogP contribution in [0.5, 0.6) is 0 Å². The summed E-state index contributed by atoms with van der Waals surface area (Å²) in [5.41, 5.74) is 4.89. The Morgan fingerprint density at radius 3 is 2.79 bits per heavy atom. The predicted molar refractivity (Wildman–Crippen MR) is 113 cm³/mol. The highest BCUT2D eigenvalue weighted by Crippen LogP contribution is 2.39. The van der Waals surface area contributed by atoms with E-state index in [1.807, 2.05) is 13.8 Å². The molecule has 4 rings (SSSR count). The number of amides is 1. The molecule has 0 saturated carbocycles. The number of aromatic nitrogens is 2. The molecule has 1 fully saturated rings. The zero-order chi connectivity index (χ0) is 20.5. The number of ether oxygens (including phenoxy) is 1. The lowest BCUT2D eigenvalue weighted by Gasteiger charge is -2.24. The van der Waals surface area contributed by atoms with Gasteiger partial charge in [-0.1, -0.05) is 0 Å². The lowest BCUT2D eigenvalue weighted by molar-refractivity contribution is -0.117. The first kappa shape index (κ1) is 20.1. The van der Waals surface area contributed by atoms with Crippen LogP contribution < -0.4 is 5.32 Å². The third-order valence-electron chi connectivity index (χ3n) is 6.04. The molecule has 1 saturated heterocycles. The van der Waals surface area contributed by atoms with E-state index in [9.17, 15) is 9.59 Å². The molecule has 0 unspecified atom stereocenters. The van der Waals surface area contributed by atoms with Crippen LogP contribution >= 0.6 is 11.3 Å². The Bertz CT molecular complexity index is 913. The van der Waals surface area contributed by atoms with Crippen molar-refractivity contribution in [2.24, 2.45) is 0 Å². The lowest BCUT2D eigenvalue weighted by Crippen LogP contribution is -2.33. The number of likely N-dealkylation sites (tertiary alicyclic amines) is 1. The van der Waals surface area contributed by atoms with Gasteiger partial charge in [0.1, 0.15) is 5.00 Å². The molecule has 0 aromatic carbocycles. The molecule has 2 aromatic rings. The van der Waals surface area contributed by atoms with E-state index in [4.69, 9.17) is 4.74 Å². The van der Waals surface area contributed by atoms with Crippen LogP contribution in [0.15, 0.2) is 0 Å². The van der Waals surface area contributed by atoms with Crippen LogP contribution in [0.25, 0.3) is 0 Å². The SMILES string of the molecule is COC(=O)c1c(NC(=O)CN2CCC[C@H]2c2c(C)n[nH]c2C)sc2c1CCCC2. The van der Waals surface area contributed by atoms with E-state index in [1.165, 1.54) is 28.9 Å². The standard InChI is InChI=1S/C21H28N4O3S/c1-12-18(13(2)24-23-12)15-8-6-10-25(15)11-17(26)22-20-19(21(27)28-3)14-7-4-5-9-16(14)29-20/h15H,4-11H2,1-3H3,(H,22,26)(H,23,24)/t15-/m0/s1. The maximum atomic E-state index is 12.9. The maximum Gasteiger partial charge on any atom is 0.341 e. The van der Waals surface area contributed by atoms with E-state index in [2.05, 4.69) is 20.4 Å². The Labute approximate surface area is 174 Å². The average Bonchev–Trinajstić information content (AvgIpc) is 3.38. The quantitative estimate of drug-likeness (QED) is 0.728. The van der Waals surface area contributed by atoms with Crippen molar-refractivity contribution in [2.45, 2.75) is 58.4 Å². The Morgan fingerprint density at radius 1 is 1.28 bits per heavy atom. The number of hydrogen-bond donors (Lipinski definition) is 2. The highest BCUT2D eigenvalue weighted by Gasteiger charge is 2.32. The van der Waals surface area contributed by atoms with Crippen molar-refractivity contribution >= 4 is 28.2 Å². The van der Waals surface area contributed by atoms with Crippen LogP contribution in [-0.2, 0) is 22.4 Å². The first-order chi connectivity index (χ1) is 14.0. The van der Waals surface area contributed by atoms with Crippen molar-refractivity contribution in [3.63, 3.8) is 0 Å². The summed E-state index contributed by atoms with van der Waals surface area (Å²) >= 11 is 1.53. The lowest BCUT2D eigenvalue weighted by atomic mass is 9.95. The summed E-state index contributed by atoms with van der Waals surface area (Å²) in [4.78, 5) is 28.7. The molecule has 0 spiro atoms. The van der Waals surface area contributed by atoms with Gasteiger partial charge < -0.3 is 10.1 Å². The molecule has 29 heavy (non-hydrogen) atoms. The fraction of sp³-hybridized carbons (Fsp3) is 0.571. The van der Waals surface area contributed by atoms with Gasteiger partial charge in [-0.3, -0.25) is 14.8 Å². The molecule has 0 bridgehead atoms. The number of hydrogen-bond acceptors (Lipinski definition) is 6. The van der Waals surface area contributed by atoms with E-state index >= 15 is 0 Å². The maximum absolute atomic E-state index is 12.9. The van der Waals surface area contributed by atoms with Gasteiger partial charge in [0, 0.05) is 22.2 Å². The molecule has 7 nitrogen and oxygen atoms in total. The van der Waals surface area contributed by atoms with Crippen molar-refractivity contribution in [1.29, 1.82) is 0 Å². The smallest absolute Gasteiger partial charge is 0.341 e. The Kier molecular flexibility index (Phi) is 5.74. The van der Waals surface area contributed by atoms with Crippen LogP contribution in [0, 0.1) is 13.8 Å². The predicted octanol–water partition coefficient (Wildman–Crippen LogP) is 3.53. The molecule has 1 amide bonds. The first-order valence-electron chi connectivity index (χ1n) is 10.3. The van der Waals surface area contributed by atoms with E-state index < -0.39 is 0 Å². The van der Waals surface area contributed by atoms with Gasteiger partial charge in [0.2, 0.25) is 5.91 Å². The van der Waals surface area contributed by atoms with Crippen molar-refractivity contribution in [1.82, 2.24) is 15.1 Å². The van der Waals surface area contributed by atoms with Gasteiger partial charge in [-0.25, -0.2) is 4.79 Å². The number of H-pyrrole nitrogens is 1. The number of anilines is 1. The molecule has 1 aliphatic carbocycles. The Hall–Kier alpha value is -2.19. The number of rotatable bonds is 5. The number of carbonyl (C=O) groups is 2. The highest BCUT2D eigenvalue weighted by molar-refractivity contribution is 7.17. The second-order valence-electron chi connectivity index (χ2n) is 7.93. The average molecular weight is 417 g/mol. The molecular weight excluding hydrogens is 388 g/mol. The fourth-order valence-corrected chi connectivity index (χ4v) is 6.01. The molecule has 2 aromatic heterocycles. The molecule has 1 atom stereocenters. The van der Waals surface area contributed by atoms with Crippen molar-refractivity contribution in [3.05, 3.63) is 33.0 Å². The summed E-state index contributed by atoms with van der Waals surface area (Å²) in [5, 5.41) is 11.0. The minimum absolute atomic E-state index is 0.0838. The number of esters is 1. The van der Waals surface area contributed by atoms with Crippen LogP contribution in [0.4, 0.5) is 5.00 Å². The monoisotopic (exact) mass is 416 g/mol. The van der Waals surface area contributed by atoms with Gasteiger partial charge in [0.05, 0.1) is 24.9 Å². The molecule has 0 radical (unpaired) electrons. The molecule has 3 heterocycles. The van der Waals surface area contributed by atoms with Crippen LogP contribution in [-0.4, -0.2) is 47.2 Å². The van der Waals surface area contributed by atoms with Crippen LogP contribution in [0.2, 0.25) is 0 Å². The number of nitrogens with zero attached hydrogens (tertiary/aromatic N) is 2. The van der Waals surface area contributed by atoms with E-state index in [0.717, 1.165) is 62.0 Å². The number of thiophene rings is 1. The number of aryl methyl sites for hydroxylation is 3. The number of carbonyl (C=O) groups excluding carboxylic acids is 2. The zero-order valence-corrected chi connectivity index (χ0v) is 18.1. The Balaban J connectivity index is 1.51.